The van der Waals surface area contributed by atoms with Crippen molar-refractivity contribution in [3.8, 4) is 16.3 Å². The van der Waals surface area contributed by atoms with Crippen LogP contribution in [-0.4, -0.2) is 21.5 Å². The van der Waals surface area contributed by atoms with Gasteiger partial charge in [-0.1, -0.05) is 47.2 Å². The van der Waals surface area contributed by atoms with E-state index in [1.807, 2.05) is 51.1 Å². The monoisotopic (exact) mass is 495 g/mol. The van der Waals surface area contributed by atoms with Crippen LogP contribution in [0.3, 0.4) is 0 Å². The van der Waals surface area contributed by atoms with Crippen LogP contribution in [0.4, 0.5) is 10.5 Å². The van der Waals surface area contributed by atoms with E-state index in [2.05, 4.69) is 10.3 Å². The number of benzene rings is 3. The number of thiazole rings is 1. The van der Waals surface area contributed by atoms with Gasteiger partial charge in [0.1, 0.15) is 0 Å². The fourth-order valence-corrected chi connectivity index (χ4v) is 4.57. The number of non-ortho nitro benzene ring substituents is 1. The highest BCUT2D eigenvalue weighted by Crippen LogP contribution is 2.37. The fourth-order valence-electron chi connectivity index (χ4n) is 3.47. The minimum Gasteiger partial charge on any atom is -0.381 e. The normalized spacial score (nSPS) is 11.4. The van der Waals surface area contributed by atoms with Gasteiger partial charge in [0.15, 0.2) is 0 Å². The third-order valence-corrected chi connectivity index (χ3v) is 6.00. The first-order valence-corrected chi connectivity index (χ1v) is 11.7. The van der Waals surface area contributed by atoms with Gasteiger partial charge in [0.05, 0.1) is 15.1 Å². The number of aromatic nitrogens is 1. The first-order chi connectivity index (χ1) is 16.1. The molecule has 174 valence electrons. The van der Waals surface area contributed by atoms with E-state index < -0.39 is 16.6 Å². The molecule has 7 nitrogen and oxygen atoms in total. The summed E-state index contributed by atoms with van der Waals surface area (Å²) in [5, 5.41) is 14.6. The second-order valence-corrected chi connectivity index (χ2v) is 10.3. The lowest BCUT2D eigenvalue weighted by Gasteiger charge is -2.18. The van der Waals surface area contributed by atoms with Crippen LogP contribution < -0.4 is 10.1 Å². The van der Waals surface area contributed by atoms with Crippen molar-refractivity contribution >= 4 is 44.9 Å². The third-order valence-electron chi connectivity index (χ3n) is 4.88. The summed E-state index contributed by atoms with van der Waals surface area (Å²) < 4.78 is 6.31. The van der Waals surface area contributed by atoms with E-state index in [-0.39, 0.29) is 10.9 Å². The van der Waals surface area contributed by atoms with Crippen molar-refractivity contribution in [3.05, 3.63) is 86.9 Å². The lowest BCUT2D eigenvalue weighted by atomic mass is 9.98. The van der Waals surface area contributed by atoms with Crippen molar-refractivity contribution < 1.29 is 14.5 Å². The molecule has 1 amide bonds. The van der Waals surface area contributed by atoms with Gasteiger partial charge in [0, 0.05) is 28.3 Å². The molecule has 0 spiro atoms. The van der Waals surface area contributed by atoms with Gasteiger partial charge in [-0.25, -0.2) is 9.78 Å². The van der Waals surface area contributed by atoms with Crippen molar-refractivity contribution in [3.63, 3.8) is 0 Å². The quantitative estimate of drug-likeness (QED) is 0.237. The molecule has 0 radical (unpaired) electrons. The number of amides is 1. The number of rotatable bonds is 5. The van der Waals surface area contributed by atoms with Crippen LogP contribution in [-0.2, 0) is 6.42 Å². The highest BCUT2D eigenvalue weighted by Gasteiger charge is 2.19. The summed E-state index contributed by atoms with van der Waals surface area (Å²) in [7, 11) is 0. The molecule has 1 heterocycles. The number of nitro groups is 1. The number of nitro benzene ring substituents is 1. The highest BCUT2D eigenvalue weighted by molar-refractivity contribution is 7.20. The summed E-state index contributed by atoms with van der Waals surface area (Å²) >= 11 is 7.52. The van der Waals surface area contributed by atoms with Crippen LogP contribution in [0.2, 0.25) is 5.02 Å². The maximum absolute atomic E-state index is 12.3. The van der Waals surface area contributed by atoms with E-state index >= 15 is 0 Å². The number of nitrogens with one attached hydrogen (secondary N) is 1. The van der Waals surface area contributed by atoms with Crippen molar-refractivity contribution in [2.45, 2.75) is 32.7 Å². The highest BCUT2D eigenvalue weighted by atomic mass is 35.5. The molecule has 34 heavy (non-hydrogen) atoms. The topological polar surface area (TPSA) is 94.4 Å². The number of fused-ring (bicyclic) bond motifs is 1. The summed E-state index contributed by atoms with van der Waals surface area (Å²) in [4.78, 5) is 27.4. The minimum atomic E-state index is -0.568. The van der Waals surface area contributed by atoms with E-state index in [1.165, 1.54) is 23.5 Å². The van der Waals surface area contributed by atoms with Gasteiger partial charge in [-0.15, -0.1) is 0 Å². The predicted octanol–water partition coefficient (Wildman–Crippen LogP) is 7.00. The zero-order chi connectivity index (χ0) is 24.5. The van der Waals surface area contributed by atoms with Gasteiger partial charge in [0.2, 0.25) is 0 Å². The molecule has 3 aromatic carbocycles. The number of hydrogen-bond acceptors (Lipinski definition) is 6. The van der Waals surface area contributed by atoms with Gasteiger partial charge in [-0.3, -0.25) is 10.1 Å². The van der Waals surface area contributed by atoms with E-state index in [1.54, 1.807) is 18.2 Å². The van der Waals surface area contributed by atoms with Crippen LogP contribution in [0.5, 0.6) is 5.19 Å². The maximum atomic E-state index is 12.3. The van der Waals surface area contributed by atoms with Crippen LogP contribution >= 0.6 is 22.9 Å². The van der Waals surface area contributed by atoms with E-state index in [0.717, 1.165) is 27.0 Å². The van der Waals surface area contributed by atoms with Crippen LogP contribution in [0.25, 0.3) is 21.3 Å². The first kappa shape index (κ1) is 23.7. The Balaban J connectivity index is 1.73. The molecule has 0 fully saturated rings. The minimum absolute atomic E-state index is 0.0524. The van der Waals surface area contributed by atoms with Gasteiger partial charge < -0.3 is 10.1 Å². The second-order valence-electron chi connectivity index (χ2n) is 8.85. The largest absolute Gasteiger partial charge is 0.414 e. The van der Waals surface area contributed by atoms with Crippen molar-refractivity contribution in [1.29, 1.82) is 0 Å². The molecule has 0 aliphatic carbocycles. The number of carbonyl (C=O) groups excluding carboxylic acids is 1. The first-order valence-electron chi connectivity index (χ1n) is 10.5. The Morgan fingerprint density at radius 3 is 2.50 bits per heavy atom. The van der Waals surface area contributed by atoms with Crippen molar-refractivity contribution in [2.24, 2.45) is 0 Å². The maximum Gasteiger partial charge on any atom is 0.414 e. The summed E-state index contributed by atoms with van der Waals surface area (Å²) in [6, 6.07) is 18.0. The van der Waals surface area contributed by atoms with Crippen LogP contribution in [0, 0.1) is 10.1 Å². The van der Waals surface area contributed by atoms with Crippen molar-refractivity contribution in [2.75, 3.05) is 0 Å². The molecular weight excluding hydrogens is 474 g/mol. The average Bonchev–Trinajstić information content (AvgIpc) is 3.14. The molecule has 1 N–H and O–H groups in total. The fraction of sp³-hybridized carbons (Fsp3) is 0.200. The van der Waals surface area contributed by atoms with Crippen molar-refractivity contribution in [1.82, 2.24) is 10.3 Å². The van der Waals surface area contributed by atoms with E-state index in [4.69, 9.17) is 16.3 Å². The Bertz CT molecular complexity index is 1380. The Labute approximate surface area is 205 Å². The summed E-state index contributed by atoms with van der Waals surface area (Å²) in [6.07, 6.45) is 0.00192. The lowest BCUT2D eigenvalue weighted by molar-refractivity contribution is -0.384. The number of hydrogen-bond donors (Lipinski definition) is 1. The molecule has 4 aromatic rings. The number of carbonyl (C=O) groups is 1. The summed E-state index contributed by atoms with van der Waals surface area (Å²) in [5.74, 6) is 0. The van der Waals surface area contributed by atoms with Gasteiger partial charge >= 0.3 is 6.09 Å². The zero-order valence-electron chi connectivity index (χ0n) is 18.8. The standard InChI is InChI=1S/C25H22ClN3O4S/c1-25(2,3)28-23(30)33-24-27-22-20(17-5-4-6-18(26)14-17)12-16(13-21(22)34-24)11-15-7-9-19(10-8-15)29(31)32/h4-10,12-14H,11H2,1-3H3,(H,28,30). The molecule has 9 heteroatoms. The number of nitrogens with zero attached hydrogens (tertiary/aromatic N) is 2. The van der Waals surface area contributed by atoms with Crippen LogP contribution in [0.15, 0.2) is 60.7 Å². The molecule has 0 atom stereocenters. The second kappa shape index (κ2) is 9.40. The Hall–Kier alpha value is -3.49. The van der Waals surface area contributed by atoms with E-state index in [0.29, 0.717) is 17.0 Å². The van der Waals surface area contributed by atoms with Crippen LogP contribution in [0.1, 0.15) is 31.9 Å². The molecule has 0 bridgehead atoms. The van der Waals surface area contributed by atoms with E-state index in [9.17, 15) is 14.9 Å². The summed E-state index contributed by atoms with van der Waals surface area (Å²) in [6.45, 7) is 5.61. The molecule has 0 saturated carbocycles. The SMILES string of the molecule is CC(C)(C)NC(=O)Oc1nc2c(-c3cccc(Cl)c3)cc(Cc3ccc([N+](=O)[O-])cc3)cc2s1. The molecule has 4 rings (SSSR count). The molecule has 0 aliphatic rings. The molecule has 0 unspecified atom stereocenters. The molecule has 0 saturated heterocycles. The van der Waals surface area contributed by atoms with Gasteiger partial charge in [0.25, 0.3) is 10.9 Å². The summed E-state index contributed by atoms with van der Waals surface area (Å²) in [5.41, 5.74) is 4.00. The molecule has 0 aliphatic heterocycles. The molecule has 1 aromatic heterocycles. The number of halogens is 1. The molecular formula is C25H22ClN3O4S. The average molecular weight is 496 g/mol. The number of ether oxygens (including phenoxy) is 1. The zero-order valence-corrected chi connectivity index (χ0v) is 20.4. The third kappa shape index (κ3) is 5.70. The lowest BCUT2D eigenvalue weighted by Crippen LogP contribution is -2.42. The Morgan fingerprint density at radius 1 is 1.12 bits per heavy atom. The van der Waals surface area contributed by atoms with Gasteiger partial charge in [-0.2, -0.15) is 0 Å². The smallest absolute Gasteiger partial charge is 0.381 e. The predicted molar refractivity (Wildman–Crippen MR) is 135 cm³/mol. The Morgan fingerprint density at radius 2 is 1.85 bits per heavy atom. The Kier molecular flexibility index (Phi) is 6.54. The van der Waals surface area contributed by atoms with Gasteiger partial charge in [-0.05, 0) is 68.1 Å².